The summed E-state index contributed by atoms with van der Waals surface area (Å²) in [7, 11) is 0. The van der Waals surface area contributed by atoms with Gasteiger partial charge in [-0.2, -0.15) is 11.8 Å². The molecule has 0 aliphatic rings. The van der Waals surface area contributed by atoms with Gasteiger partial charge >= 0.3 is 0 Å². The van der Waals surface area contributed by atoms with Gasteiger partial charge < -0.3 is 11.1 Å². The monoisotopic (exact) mass is 271 g/mol. The molecular weight excluding hydrogens is 250 g/mol. The van der Waals surface area contributed by atoms with Crippen molar-refractivity contribution in [1.29, 1.82) is 0 Å². The molecule has 7 heteroatoms. The minimum atomic E-state index is -0.187. The SMILES string of the molecule is CC(C)(C)SCCn1cc(CNC(=O)CN)nn1. The van der Waals surface area contributed by atoms with Crippen molar-refractivity contribution in [3.63, 3.8) is 0 Å². The molecule has 0 aliphatic carbocycles. The molecule has 102 valence electrons. The van der Waals surface area contributed by atoms with Crippen LogP contribution in [0.15, 0.2) is 6.20 Å². The van der Waals surface area contributed by atoms with Crippen molar-refractivity contribution in [2.75, 3.05) is 12.3 Å². The van der Waals surface area contributed by atoms with Crippen LogP contribution in [0, 0.1) is 0 Å². The summed E-state index contributed by atoms with van der Waals surface area (Å²) in [6.45, 7) is 7.75. The van der Waals surface area contributed by atoms with Gasteiger partial charge in [-0.15, -0.1) is 5.10 Å². The molecule has 0 spiro atoms. The molecule has 0 aromatic carbocycles. The molecule has 0 saturated heterocycles. The topological polar surface area (TPSA) is 85.8 Å². The van der Waals surface area contributed by atoms with Crippen molar-refractivity contribution in [2.45, 2.75) is 38.6 Å². The average Bonchev–Trinajstić information content (AvgIpc) is 2.72. The van der Waals surface area contributed by atoms with Crippen LogP contribution in [-0.4, -0.2) is 37.9 Å². The van der Waals surface area contributed by atoms with Gasteiger partial charge in [0.2, 0.25) is 5.91 Å². The van der Waals surface area contributed by atoms with Gasteiger partial charge in [-0.1, -0.05) is 26.0 Å². The number of nitrogens with two attached hydrogens (primary N) is 1. The van der Waals surface area contributed by atoms with Crippen molar-refractivity contribution in [1.82, 2.24) is 20.3 Å². The normalized spacial score (nSPS) is 11.6. The van der Waals surface area contributed by atoms with E-state index in [1.54, 1.807) is 4.68 Å². The number of nitrogens with one attached hydrogen (secondary N) is 1. The van der Waals surface area contributed by atoms with Gasteiger partial charge in [-0.3, -0.25) is 9.48 Å². The van der Waals surface area contributed by atoms with Crippen LogP contribution in [0.5, 0.6) is 0 Å². The lowest BCUT2D eigenvalue weighted by molar-refractivity contribution is -0.119. The lowest BCUT2D eigenvalue weighted by Gasteiger charge is -2.16. The Kier molecular flexibility index (Phi) is 5.61. The Labute approximate surface area is 112 Å². The maximum atomic E-state index is 11.0. The van der Waals surface area contributed by atoms with Crippen LogP contribution >= 0.6 is 11.8 Å². The van der Waals surface area contributed by atoms with Crippen LogP contribution in [0.1, 0.15) is 26.5 Å². The number of carbonyl (C=O) groups excluding carboxylic acids is 1. The summed E-state index contributed by atoms with van der Waals surface area (Å²) in [5, 5.41) is 10.7. The van der Waals surface area contributed by atoms with Gasteiger partial charge in [0.25, 0.3) is 0 Å². The Morgan fingerprint density at radius 2 is 2.28 bits per heavy atom. The van der Waals surface area contributed by atoms with E-state index in [1.165, 1.54) is 0 Å². The fraction of sp³-hybridized carbons (Fsp3) is 0.727. The number of aromatic nitrogens is 3. The minimum absolute atomic E-state index is 0.00361. The molecule has 0 atom stereocenters. The van der Waals surface area contributed by atoms with Gasteiger partial charge in [0.15, 0.2) is 0 Å². The molecule has 0 fully saturated rings. The molecule has 1 amide bonds. The first-order valence-electron chi connectivity index (χ1n) is 5.90. The first-order chi connectivity index (χ1) is 8.40. The maximum Gasteiger partial charge on any atom is 0.234 e. The second kappa shape index (κ2) is 6.75. The molecule has 1 heterocycles. The number of amides is 1. The first kappa shape index (κ1) is 15.0. The third-order valence-corrected chi connectivity index (χ3v) is 3.35. The van der Waals surface area contributed by atoms with E-state index in [4.69, 9.17) is 5.73 Å². The number of nitrogens with zero attached hydrogens (tertiary/aromatic N) is 3. The number of aryl methyl sites for hydroxylation is 1. The van der Waals surface area contributed by atoms with E-state index in [0.29, 0.717) is 6.54 Å². The molecule has 0 saturated carbocycles. The molecule has 6 nitrogen and oxygen atoms in total. The van der Waals surface area contributed by atoms with E-state index < -0.39 is 0 Å². The lowest BCUT2D eigenvalue weighted by atomic mass is 10.3. The van der Waals surface area contributed by atoms with E-state index in [2.05, 4.69) is 36.4 Å². The highest BCUT2D eigenvalue weighted by atomic mass is 32.2. The molecule has 1 rings (SSSR count). The summed E-state index contributed by atoms with van der Waals surface area (Å²) in [5.41, 5.74) is 5.94. The zero-order chi connectivity index (χ0) is 13.6. The third kappa shape index (κ3) is 6.02. The van der Waals surface area contributed by atoms with E-state index in [-0.39, 0.29) is 17.2 Å². The summed E-state index contributed by atoms with van der Waals surface area (Å²) < 4.78 is 2.06. The lowest BCUT2D eigenvalue weighted by Crippen LogP contribution is -2.29. The summed E-state index contributed by atoms with van der Waals surface area (Å²) in [6.07, 6.45) is 1.85. The summed E-state index contributed by atoms with van der Waals surface area (Å²) >= 11 is 1.88. The summed E-state index contributed by atoms with van der Waals surface area (Å²) in [6, 6.07) is 0. The average molecular weight is 271 g/mol. The van der Waals surface area contributed by atoms with Crippen LogP contribution in [-0.2, 0) is 17.9 Å². The van der Waals surface area contributed by atoms with Gasteiger partial charge in [-0.05, 0) is 0 Å². The zero-order valence-corrected chi connectivity index (χ0v) is 12.0. The van der Waals surface area contributed by atoms with Crippen molar-refractivity contribution >= 4 is 17.7 Å². The number of hydrogen-bond acceptors (Lipinski definition) is 5. The largest absolute Gasteiger partial charge is 0.349 e. The molecule has 0 aliphatic heterocycles. The fourth-order valence-electron chi connectivity index (χ4n) is 1.24. The fourth-order valence-corrected chi connectivity index (χ4v) is 2.13. The van der Waals surface area contributed by atoms with Crippen molar-refractivity contribution in [2.24, 2.45) is 5.73 Å². The van der Waals surface area contributed by atoms with E-state index in [9.17, 15) is 4.79 Å². The first-order valence-corrected chi connectivity index (χ1v) is 6.89. The van der Waals surface area contributed by atoms with Crippen LogP contribution in [0.2, 0.25) is 0 Å². The second-order valence-electron chi connectivity index (χ2n) is 4.91. The van der Waals surface area contributed by atoms with Gasteiger partial charge in [0, 0.05) is 10.5 Å². The predicted octanol–water partition coefficient (Wildman–Crippen LogP) is 0.385. The Hall–Kier alpha value is -1.08. The number of carbonyl (C=O) groups is 1. The van der Waals surface area contributed by atoms with E-state index >= 15 is 0 Å². The second-order valence-corrected chi connectivity index (χ2v) is 6.84. The zero-order valence-electron chi connectivity index (χ0n) is 11.1. The Bertz CT molecular complexity index is 385. The minimum Gasteiger partial charge on any atom is -0.349 e. The Morgan fingerprint density at radius 3 is 2.89 bits per heavy atom. The number of thioether (sulfide) groups is 1. The van der Waals surface area contributed by atoms with Gasteiger partial charge in [-0.25, -0.2) is 0 Å². The molecule has 0 unspecified atom stereocenters. The van der Waals surface area contributed by atoms with Crippen molar-refractivity contribution in [3.8, 4) is 0 Å². The van der Waals surface area contributed by atoms with Crippen molar-refractivity contribution in [3.05, 3.63) is 11.9 Å². The van der Waals surface area contributed by atoms with Gasteiger partial charge in [0.05, 0.1) is 25.8 Å². The van der Waals surface area contributed by atoms with E-state index in [1.807, 2.05) is 18.0 Å². The molecule has 3 N–H and O–H groups in total. The van der Waals surface area contributed by atoms with Gasteiger partial charge in [0.1, 0.15) is 5.69 Å². The van der Waals surface area contributed by atoms with Crippen molar-refractivity contribution < 1.29 is 4.79 Å². The van der Waals surface area contributed by atoms with Crippen LogP contribution in [0.25, 0.3) is 0 Å². The number of rotatable bonds is 6. The third-order valence-electron chi connectivity index (χ3n) is 2.09. The highest BCUT2D eigenvalue weighted by molar-refractivity contribution is 8.00. The smallest absolute Gasteiger partial charge is 0.234 e. The Balaban J connectivity index is 2.32. The molecular formula is C11H21N5OS. The predicted molar refractivity (Wildman–Crippen MR) is 73.1 cm³/mol. The van der Waals surface area contributed by atoms with Crippen LogP contribution < -0.4 is 11.1 Å². The Morgan fingerprint density at radius 1 is 1.56 bits per heavy atom. The highest BCUT2D eigenvalue weighted by Crippen LogP contribution is 2.22. The molecule has 1 aromatic rings. The van der Waals surface area contributed by atoms with E-state index in [0.717, 1.165) is 18.0 Å². The molecule has 0 bridgehead atoms. The summed E-state index contributed by atoms with van der Waals surface area (Å²) in [5.74, 6) is 0.800. The highest BCUT2D eigenvalue weighted by Gasteiger charge is 2.10. The number of hydrogen-bond donors (Lipinski definition) is 2. The summed E-state index contributed by atoms with van der Waals surface area (Å²) in [4.78, 5) is 11.0. The van der Waals surface area contributed by atoms with Crippen LogP contribution in [0.4, 0.5) is 0 Å². The molecule has 18 heavy (non-hydrogen) atoms. The standard InChI is InChI=1S/C11H21N5OS/c1-11(2,3)18-5-4-16-8-9(14-15-16)7-13-10(17)6-12/h8H,4-7,12H2,1-3H3,(H,13,17). The molecule has 1 aromatic heterocycles. The quantitative estimate of drug-likeness (QED) is 0.781. The molecule has 0 radical (unpaired) electrons. The van der Waals surface area contributed by atoms with Crippen LogP contribution in [0.3, 0.4) is 0 Å². The maximum absolute atomic E-state index is 11.0.